The number of anilines is 1. The van der Waals surface area contributed by atoms with E-state index in [4.69, 9.17) is 5.73 Å². The van der Waals surface area contributed by atoms with Crippen molar-refractivity contribution in [3.05, 3.63) is 35.0 Å². The Bertz CT molecular complexity index is 680. The second kappa shape index (κ2) is 5.79. The first-order valence-corrected chi connectivity index (χ1v) is 7.65. The third-order valence-electron chi connectivity index (χ3n) is 4.06. The van der Waals surface area contributed by atoms with E-state index in [1.807, 2.05) is 26.0 Å². The molecule has 1 heterocycles. The van der Waals surface area contributed by atoms with Crippen LogP contribution in [0.1, 0.15) is 47.3 Å². The van der Waals surface area contributed by atoms with Gasteiger partial charge in [-0.3, -0.25) is 4.79 Å². The molecule has 22 heavy (non-hydrogen) atoms. The number of carbonyl (C=O) groups excluding carboxylic acids is 1. The van der Waals surface area contributed by atoms with E-state index in [0.29, 0.717) is 0 Å². The van der Waals surface area contributed by atoms with Gasteiger partial charge in [0.2, 0.25) is 0 Å². The third-order valence-corrected chi connectivity index (χ3v) is 4.06. The number of aromatic nitrogens is 3. The normalized spacial score (nSPS) is 15.2. The summed E-state index contributed by atoms with van der Waals surface area (Å²) in [5, 5.41) is 11.0. The molecule has 1 aromatic heterocycles. The molecule has 3 rings (SSSR count). The molecule has 2 aromatic rings. The van der Waals surface area contributed by atoms with Crippen LogP contribution in [0, 0.1) is 13.8 Å². The quantitative estimate of drug-likeness (QED) is 0.909. The summed E-state index contributed by atoms with van der Waals surface area (Å²) in [7, 11) is 0. The van der Waals surface area contributed by atoms with Crippen molar-refractivity contribution in [2.75, 3.05) is 5.73 Å². The number of nitrogens with one attached hydrogen (secondary N) is 1. The maximum atomic E-state index is 12.3. The van der Waals surface area contributed by atoms with Crippen LogP contribution in [0.2, 0.25) is 0 Å². The molecule has 1 aliphatic rings. The van der Waals surface area contributed by atoms with E-state index >= 15 is 0 Å². The highest BCUT2D eigenvalue weighted by Gasteiger charge is 2.23. The molecule has 116 valence electrons. The molecule has 0 radical (unpaired) electrons. The average molecular weight is 299 g/mol. The molecule has 1 aromatic carbocycles. The Morgan fingerprint density at radius 2 is 1.86 bits per heavy atom. The van der Waals surface area contributed by atoms with Crippen LogP contribution in [0.5, 0.6) is 0 Å². The number of hydrogen-bond donors (Lipinski definition) is 2. The van der Waals surface area contributed by atoms with Crippen molar-refractivity contribution in [2.45, 2.75) is 45.6 Å². The maximum absolute atomic E-state index is 12.3. The van der Waals surface area contributed by atoms with Crippen LogP contribution in [-0.2, 0) is 0 Å². The van der Waals surface area contributed by atoms with Crippen LogP contribution in [0.4, 0.5) is 5.82 Å². The van der Waals surface area contributed by atoms with Crippen molar-refractivity contribution in [3.8, 4) is 5.69 Å². The van der Waals surface area contributed by atoms with Crippen molar-refractivity contribution in [2.24, 2.45) is 0 Å². The number of nitrogens with two attached hydrogens (primary N) is 1. The van der Waals surface area contributed by atoms with Gasteiger partial charge in [-0.25, -0.2) is 0 Å². The number of amides is 1. The Labute approximate surface area is 129 Å². The number of carbonyl (C=O) groups is 1. The average Bonchev–Trinajstić information content (AvgIpc) is 3.07. The molecule has 1 aliphatic carbocycles. The fourth-order valence-corrected chi connectivity index (χ4v) is 3.04. The Morgan fingerprint density at radius 3 is 2.50 bits per heavy atom. The van der Waals surface area contributed by atoms with Gasteiger partial charge in [0.1, 0.15) is 0 Å². The number of rotatable bonds is 3. The smallest absolute Gasteiger partial charge is 0.275 e. The second-order valence-corrected chi connectivity index (χ2v) is 6.04. The van der Waals surface area contributed by atoms with E-state index < -0.39 is 0 Å². The summed E-state index contributed by atoms with van der Waals surface area (Å²) in [6.45, 7) is 4.02. The summed E-state index contributed by atoms with van der Waals surface area (Å²) in [6.07, 6.45) is 4.37. The zero-order valence-electron chi connectivity index (χ0n) is 13.0. The van der Waals surface area contributed by atoms with Gasteiger partial charge in [0.05, 0.1) is 5.69 Å². The molecule has 0 bridgehead atoms. The first kappa shape index (κ1) is 14.6. The molecule has 0 atom stereocenters. The topological polar surface area (TPSA) is 85.8 Å². The summed E-state index contributed by atoms with van der Waals surface area (Å²) in [5.74, 6) is 0.0421. The molecule has 6 heteroatoms. The van der Waals surface area contributed by atoms with Gasteiger partial charge < -0.3 is 11.1 Å². The van der Waals surface area contributed by atoms with Gasteiger partial charge in [0.15, 0.2) is 11.5 Å². The lowest BCUT2D eigenvalue weighted by atomic mass is 10.1. The third kappa shape index (κ3) is 2.81. The van der Waals surface area contributed by atoms with Gasteiger partial charge >= 0.3 is 0 Å². The molecule has 0 spiro atoms. The molecule has 1 amide bonds. The number of hydrogen-bond acceptors (Lipinski definition) is 4. The van der Waals surface area contributed by atoms with E-state index in [9.17, 15) is 4.79 Å². The SMILES string of the molecule is Cc1cc(C)cc(-n2nnc(C(=O)NC3CCCC3)c2N)c1. The van der Waals surface area contributed by atoms with Crippen molar-refractivity contribution in [1.29, 1.82) is 0 Å². The minimum Gasteiger partial charge on any atom is -0.382 e. The van der Waals surface area contributed by atoms with Crippen LogP contribution < -0.4 is 11.1 Å². The van der Waals surface area contributed by atoms with E-state index in [-0.39, 0.29) is 23.5 Å². The minimum absolute atomic E-state index is 0.200. The molecule has 0 unspecified atom stereocenters. The molecule has 3 N–H and O–H groups in total. The van der Waals surface area contributed by atoms with Crippen molar-refractivity contribution >= 4 is 11.7 Å². The van der Waals surface area contributed by atoms with Gasteiger partial charge in [0.25, 0.3) is 5.91 Å². The highest BCUT2D eigenvalue weighted by molar-refractivity contribution is 5.96. The highest BCUT2D eigenvalue weighted by Crippen LogP contribution is 2.20. The van der Waals surface area contributed by atoms with Crippen molar-refractivity contribution in [3.63, 3.8) is 0 Å². The van der Waals surface area contributed by atoms with Gasteiger partial charge in [-0.05, 0) is 49.9 Å². The molecule has 1 fully saturated rings. The largest absolute Gasteiger partial charge is 0.382 e. The summed E-state index contributed by atoms with van der Waals surface area (Å²) in [4.78, 5) is 12.3. The zero-order valence-corrected chi connectivity index (χ0v) is 13.0. The van der Waals surface area contributed by atoms with E-state index in [2.05, 4.69) is 21.7 Å². The Balaban J connectivity index is 1.86. The van der Waals surface area contributed by atoms with Gasteiger partial charge in [-0.1, -0.05) is 24.1 Å². The van der Waals surface area contributed by atoms with E-state index in [0.717, 1.165) is 42.5 Å². The lowest BCUT2D eigenvalue weighted by Crippen LogP contribution is -2.33. The molecular weight excluding hydrogens is 278 g/mol. The summed E-state index contributed by atoms with van der Waals surface area (Å²) in [5.41, 5.74) is 9.34. The predicted octanol–water partition coefficient (Wildman–Crippen LogP) is 2.14. The number of benzene rings is 1. The first-order chi connectivity index (χ1) is 10.5. The standard InChI is InChI=1S/C16H21N5O/c1-10-7-11(2)9-13(8-10)21-15(17)14(19-20-21)16(22)18-12-5-3-4-6-12/h7-9,12H,3-6,17H2,1-2H3,(H,18,22). The van der Waals surface area contributed by atoms with Crippen LogP contribution >= 0.6 is 0 Å². The van der Waals surface area contributed by atoms with Gasteiger partial charge in [-0.15, -0.1) is 5.10 Å². The van der Waals surface area contributed by atoms with E-state index in [1.54, 1.807) is 0 Å². The summed E-state index contributed by atoms with van der Waals surface area (Å²) >= 11 is 0. The van der Waals surface area contributed by atoms with Crippen molar-refractivity contribution in [1.82, 2.24) is 20.3 Å². The van der Waals surface area contributed by atoms with E-state index in [1.165, 1.54) is 4.68 Å². The Morgan fingerprint density at radius 1 is 1.23 bits per heavy atom. The molecule has 0 aliphatic heterocycles. The minimum atomic E-state index is -0.236. The first-order valence-electron chi connectivity index (χ1n) is 7.65. The lowest BCUT2D eigenvalue weighted by molar-refractivity contribution is 0.0933. The number of aryl methyl sites for hydroxylation is 2. The van der Waals surface area contributed by atoms with Gasteiger partial charge in [-0.2, -0.15) is 4.68 Å². The highest BCUT2D eigenvalue weighted by atomic mass is 16.2. The zero-order chi connectivity index (χ0) is 15.7. The lowest BCUT2D eigenvalue weighted by Gasteiger charge is -2.10. The maximum Gasteiger partial charge on any atom is 0.275 e. The van der Waals surface area contributed by atoms with Gasteiger partial charge in [0, 0.05) is 6.04 Å². The molecule has 0 saturated heterocycles. The summed E-state index contributed by atoms with van der Waals surface area (Å²) < 4.78 is 1.52. The second-order valence-electron chi connectivity index (χ2n) is 6.04. The fraction of sp³-hybridized carbons (Fsp3) is 0.438. The molecule has 6 nitrogen and oxygen atoms in total. The number of nitrogen functional groups attached to an aromatic ring is 1. The molecule has 1 saturated carbocycles. The fourth-order valence-electron chi connectivity index (χ4n) is 3.04. The summed E-state index contributed by atoms with van der Waals surface area (Å²) in [6, 6.07) is 6.25. The van der Waals surface area contributed by atoms with Crippen molar-refractivity contribution < 1.29 is 4.79 Å². The monoisotopic (exact) mass is 299 g/mol. The van der Waals surface area contributed by atoms with Crippen LogP contribution in [0.3, 0.4) is 0 Å². The van der Waals surface area contributed by atoms with Crippen LogP contribution in [0.25, 0.3) is 5.69 Å². The molecular formula is C16H21N5O. The predicted molar refractivity (Wildman–Crippen MR) is 85.0 cm³/mol. The Kier molecular flexibility index (Phi) is 3.83. The Hall–Kier alpha value is -2.37. The number of nitrogens with zero attached hydrogens (tertiary/aromatic N) is 3. The van der Waals surface area contributed by atoms with Crippen LogP contribution in [0.15, 0.2) is 18.2 Å². The van der Waals surface area contributed by atoms with Crippen LogP contribution in [-0.4, -0.2) is 26.9 Å².